The molecule has 0 aliphatic rings. The number of H-pyrrole nitrogens is 1. The van der Waals surface area contributed by atoms with Crippen LogP contribution in [0.15, 0.2) is 30.5 Å². The first-order valence-electron chi connectivity index (χ1n) is 5.55. The van der Waals surface area contributed by atoms with Crippen LogP contribution in [0.25, 0.3) is 21.9 Å². The molecule has 0 spiro atoms. The van der Waals surface area contributed by atoms with Crippen molar-refractivity contribution >= 4 is 34.2 Å². The molecule has 3 nitrogen and oxygen atoms in total. The van der Waals surface area contributed by atoms with Crippen LogP contribution in [0.4, 0.5) is 0 Å². The fourth-order valence-corrected chi connectivity index (χ4v) is 2.07. The highest BCUT2D eigenvalue weighted by molar-refractivity contribution is 7.71. The van der Waals surface area contributed by atoms with Gasteiger partial charge in [-0.2, -0.15) is 0 Å². The summed E-state index contributed by atoms with van der Waals surface area (Å²) < 4.78 is 0.467. The lowest BCUT2D eigenvalue weighted by molar-refractivity contribution is 1.14. The largest absolute Gasteiger partial charge is 0.315 e. The van der Waals surface area contributed by atoms with E-state index in [1.807, 2.05) is 6.07 Å². The van der Waals surface area contributed by atoms with Crippen LogP contribution in [0.3, 0.4) is 0 Å². The predicted molar refractivity (Wildman–Crippen MR) is 71.6 cm³/mol. The molecule has 0 aliphatic carbocycles. The number of benzene rings is 1. The van der Waals surface area contributed by atoms with Crippen LogP contribution in [-0.2, 0) is 6.42 Å². The van der Waals surface area contributed by atoms with Gasteiger partial charge in [0.05, 0.1) is 5.52 Å². The van der Waals surface area contributed by atoms with E-state index >= 15 is 0 Å². The van der Waals surface area contributed by atoms with E-state index in [1.54, 1.807) is 6.20 Å². The molecule has 1 N–H and O–H groups in total. The number of aromatic nitrogens is 3. The third-order valence-electron chi connectivity index (χ3n) is 2.86. The first-order valence-corrected chi connectivity index (χ1v) is 5.96. The van der Waals surface area contributed by atoms with Crippen molar-refractivity contribution in [1.29, 1.82) is 0 Å². The summed E-state index contributed by atoms with van der Waals surface area (Å²) in [6, 6.07) is 8.42. The van der Waals surface area contributed by atoms with Gasteiger partial charge in [-0.1, -0.05) is 13.0 Å². The third-order valence-corrected chi connectivity index (χ3v) is 3.07. The molecule has 0 aliphatic heterocycles. The molecule has 0 fully saturated rings. The number of aryl methyl sites for hydroxylation is 1. The van der Waals surface area contributed by atoms with Gasteiger partial charge in [0.15, 0.2) is 4.77 Å². The molecule has 84 valence electrons. The SMILES string of the molecule is CCc1ccc2nc3[nH]c(=S)ncc3cc2c1. The van der Waals surface area contributed by atoms with Gasteiger partial charge in [0.1, 0.15) is 5.65 Å². The van der Waals surface area contributed by atoms with E-state index in [4.69, 9.17) is 12.2 Å². The molecule has 0 unspecified atom stereocenters. The van der Waals surface area contributed by atoms with Crippen LogP contribution in [0.5, 0.6) is 0 Å². The average molecular weight is 241 g/mol. The lowest BCUT2D eigenvalue weighted by atomic mass is 10.1. The standard InChI is InChI=1S/C13H11N3S/c1-2-8-3-4-11-9(5-8)6-10-7-14-13(17)16-12(10)15-11/h3-7H,2H2,1H3,(H,14,15,16,17). The zero-order chi connectivity index (χ0) is 11.8. The van der Waals surface area contributed by atoms with E-state index in [1.165, 1.54) is 5.56 Å². The number of hydrogen-bond donors (Lipinski definition) is 1. The Hall–Kier alpha value is -1.81. The number of fused-ring (bicyclic) bond motifs is 2. The Morgan fingerprint density at radius 3 is 2.94 bits per heavy atom. The zero-order valence-electron chi connectivity index (χ0n) is 9.40. The number of rotatable bonds is 1. The van der Waals surface area contributed by atoms with E-state index in [-0.39, 0.29) is 0 Å². The molecular formula is C13H11N3S. The molecule has 1 aromatic carbocycles. The topological polar surface area (TPSA) is 41.6 Å². The molecular weight excluding hydrogens is 230 g/mol. The molecule has 0 amide bonds. The van der Waals surface area contributed by atoms with Crippen molar-refractivity contribution in [2.24, 2.45) is 0 Å². The zero-order valence-corrected chi connectivity index (χ0v) is 10.2. The average Bonchev–Trinajstić information content (AvgIpc) is 2.35. The Labute approximate surface area is 104 Å². The molecule has 0 atom stereocenters. The number of nitrogens with zero attached hydrogens (tertiary/aromatic N) is 2. The summed E-state index contributed by atoms with van der Waals surface area (Å²) in [7, 11) is 0. The molecule has 0 saturated carbocycles. The first-order chi connectivity index (χ1) is 8.26. The van der Waals surface area contributed by atoms with Crippen LogP contribution in [0.2, 0.25) is 0 Å². The first kappa shape index (κ1) is 10.4. The van der Waals surface area contributed by atoms with Gasteiger partial charge in [0.2, 0.25) is 0 Å². The van der Waals surface area contributed by atoms with E-state index in [9.17, 15) is 0 Å². The van der Waals surface area contributed by atoms with Crippen LogP contribution in [0, 0.1) is 4.77 Å². The van der Waals surface area contributed by atoms with E-state index in [0.29, 0.717) is 4.77 Å². The highest BCUT2D eigenvalue weighted by Crippen LogP contribution is 2.19. The molecule has 0 saturated heterocycles. The highest BCUT2D eigenvalue weighted by Gasteiger charge is 2.01. The Morgan fingerprint density at radius 1 is 1.24 bits per heavy atom. The fraction of sp³-hybridized carbons (Fsp3) is 0.154. The molecule has 2 heterocycles. The van der Waals surface area contributed by atoms with Crippen LogP contribution in [-0.4, -0.2) is 15.0 Å². The van der Waals surface area contributed by atoms with Crippen LogP contribution >= 0.6 is 12.2 Å². The minimum atomic E-state index is 0.467. The number of pyridine rings is 1. The predicted octanol–water partition coefficient (Wildman–Crippen LogP) is 3.40. The van der Waals surface area contributed by atoms with Crippen molar-refractivity contribution < 1.29 is 0 Å². The maximum atomic E-state index is 5.00. The number of nitrogens with one attached hydrogen (secondary N) is 1. The molecule has 17 heavy (non-hydrogen) atoms. The molecule has 3 rings (SSSR count). The summed E-state index contributed by atoms with van der Waals surface area (Å²) in [6.45, 7) is 2.15. The Kier molecular flexibility index (Phi) is 2.37. The normalized spacial score (nSPS) is 11.1. The molecule has 4 heteroatoms. The van der Waals surface area contributed by atoms with Crippen LogP contribution in [0.1, 0.15) is 12.5 Å². The molecule has 3 aromatic rings. The van der Waals surface area contributed by atoms with Gasteiger partial charge in [0, 0.05) is 17.0 Å². The summed E-state index contributed by atoms with van der Waals surface area (Å²) >= 11 is 5.00. The monoisotopic (exact) mass is 241 g/mol. The number of aromatic amines is 1. The van der Waals surface area contributed by atoms with Gasteiger partial charge in [-0.15, -0.1) is 0 Å². The second kappa shape index (κ2) is 3.89. The minimum Gasteiger partial charge on any atom is -0.315 e. The van der Waals surface area contributed by atoms with Crippen molar-refractivity contribution in [2.45, 2.75) is 13.3 Å². The summed E-state index contributed by atoms with van der Waals surface area (Å²) in [5, 5.41) is 2.13. The Bertz CT molecular complexity index is 761. The fourth-order valence-electron chi connectivity index (χ4n) is 1.92. The van der Waals surface area contributed by atoms with E-state index < -0.39 is 0 Å². The van der Waals surface area contributed by atoms with Crippen molar-refractivity contribution in [2.75, 3.05) is 0 Å². The molecule has 0 bridgehead atoms. The van der Waals surface area contributed by atoms with Crippen molar-refractivity contribution in [3.05, 3.63) is 40.8 Å². The lowest BCUT2D eigenvalue weighted by Crippen LogP contribution is -1.89. The second-order valence-corrected chi connectivity index (χ2v) is 4.38. The Morgan fingerprint density at radius 2 is 2.12 bits per heavy atom. The summed E-state index contributed by atoms with van der Waals surface area (Å²) in [5.41, 5.74) is 3.09. The smallest absolute Gasteiger partial charge is 0.198 e. The van der Waals surface area contributed by atoms with Gasteiger partial charge in [0.25, 0.3) is 0 Å². The van der Waals surface area contributed by atoms with Crippen LogP contribution < -0.4 is 0 Å². The van der Waals surface area contributed by atoms with Gasteiger partial charge in [-0.05, 0) is 42.4 Å². The van der Waals surface area contributed by atoms with Gasteiger partial charge in [-0.25, -0.2) is 9.97 Å². The quantitative estimate of drug-likeness (QED) is 0.524. The third kappa shape index (κ3) is 1.80. The lowest BCUT2D eigenvalue weighted by Gasteiger charge is -2.03. The molecule has 0 radical (unpaired) electrons. The summed E-state index contributed by atoms with van der Waals surface area (Å²) in [5.74, 6) is 0. The van der Waals surface area contributed by atoms with Crippen molar-refractivity contribution in [1.82, 2.24) is 15.0 Å². The number of hydrogen-bond acceptors (Lipinski definition) is 3. The summed E-state index contributed by atoms with van der Waals surface area (Å²) in [6.07, 6.45) is 2.79. The summed E-state index contributed by atoms with van der Waals surface area (Å²) in [4.78, 5) is 11.6. The van der Waals surface area contributed by atoms with Gasteiger partial charge >= 0.3 is 0 Å². The Balaban J connectivity index is 2.39. The van der Waals surface area contributed by atoms with E-state index in [2.05, 4.69) is 40.1 Å². The maximum Gasteiger partial charge on any atom is 0.198 e. The van der Waals surface area contributed by atoms with Gasteiger partial charge in [-0.3, -0.25) is 0 Å². The van der Waals surface area contributed by atoms with Crippen molar-refractivity contribution in [3.63, 3.8) is 0 Å². The van der Waals surface area contributed by atoms with Crippen molar-refractivity contribution in [3.8, 4) is 0 Å². The highest BCUT2D eigenvalue weighted by atomic mass is 32.1. The minimum absolute atomic E-state index is 0.467. The van der Waals surface area contributed by atoms with E-state index in [0.717, 1.165) is 28.4 Å². The maximum absolute atomic E-state index is 5.00. The second-order valence-electron chi connectivity index (χ2n) is 4.00. The molecule has 2 aromatic heterocycles. The van der Waals surface area contributed by atoms with Gasteiger partial charge < -0.3 is 4.98 Å².